The van der Waals surface area contributed by atoms with E-state index >= 15 is 4.39 Å². The van der Waals surface area contributed by atoms with Crippen molar-refractivity contribution >= 4 is 34.9 Å². The molecule has 1 saturated heterocycles. The Labute approximate surface area is 214 Å². The number of hydrogen-bond acceptors (Lipinski definition) is 4. The van der Waals surface area contributed by atoms with Gasteiger partial charge in [-0.25, -0.2) is 13.6 Å². The van der Waals surface area contributed by atoms with E-state index in [4.69, 9.17) is 4.42 Å². The molecule has 3 aromatic carbocycles. The van der Waals surface area contributed by atoms with Crippen LogP contribution in [0.15, 0.2) is 82.0 Å². The van der Waals surface area contributed by atoms with Gasteiger partial charge in [-0.15, -0.1) is 12.4 Å². The number of rotatable bonds is 6. The Morgan fingerprint density at radius 2 is 1.64 bits per heavy atom. The van der Waals surface area contributed by atoms with Crippen LogP contribution in [0.2, 0.25) is 0 Å². The van der Waals surface area contributed by atoms with Gasteiger partial charge in [0.05, 0.1) is 5.52 Å². The van der Waals surface area contributed by atoms with Gasteiger partial charge in [0.25, 0.3) is 0 Å². The summed E-state index contributed by atoms with van der Waals surface area (Å²) in [5, 5.41) is 0. The molecule has 6 rings (SSSR count). The fourth-order valence-corrected chi connectivity index (χ4v) is 5.77. The molecule has 8 heteroatoms. The van der Waals surface area contributed by atoms with Gasteiger partial charge >= 0.3 is 5.76 Å². The van der Waals surface area contributed by atoms with E-state index in [1.54, 1.807) is 22.8 Å². The van der Waals surface area contributed by atoms with Gasteiger partial charge in [-0.05, 0) is 60.9 Å². The van der Waals surface area contributed by atoms with Crippen LogP contribution < -0.4 is 10.7 Å². The third kappa shape index (κ3) is 4.31. The van der Waals surface area contributed by atoms with Gasteiger partial charge in [-0.2, -0.15) is 0 Å². The number of hydrogen-bond donors (Lipinski definition) is 0. The average Bonchev–Trinajstić information content (AvgIpc) is 3.36. The van der Waals surface area contributed by atoms with Crippen molar-refractivity contribution in [3.8, 4) is 0 Å². The molecular weight excluding hydrogens is 484 g/mol. The monoisotopic (exact) mass is 511 g/mol. The summed E-state index contributed by atoms with van der Waals surface area (Å²) in [5.41, 5.74) is 4.58. The lowest BCUT2D eigenvalue weighted by molar-refractivity contribution is 0.0293. The fraction of sp³-hybridized carbons (Fsp3) is 0.321. The number of benzene rings is 3. The molecule has 0 N–H and O–H groups in total. The Kier molecular flexibility index (Phi) is 6.86. The van der Waals surface area contributed by atoms with Gasteiger partial charge < -0.3 is 9.32 Å². The summed E-state index contributed by atoms with van der Waals surface area (Å²) < 4.78 is 35.9. The minimum atomic E-state index is -1.05. The van der Waals surface area contributed by atoms with Crippen LogP contribution in [0.4, 0.5) is 20.2 Å². The zero-order valence-electron chi connectivity index (χ0n) is 19.7. The molecule has 0 bridgehead atoms. The molecule has 1 aromatic heterocycles. The number of halogens is 3. The molecule has 0 radical (unpaired) electrons. The molecule has 2 aliphatic rings. The summed E-state index contributed by atoms with van der Waals surface area (Å²) in [4.78, 5) is 16.3. The van der Waals surface area contributed by atoms with Crippen LogP contribution in [0.1, 0.15) is 30.7 Å². The molecule has 1 fully saturated rings. The van der Waals surface area contributed by atoms with Crippen LogP contribution in [0.25, 0.3) is 11.1 Å². The topological polar surface area (TPSA) is 41.6 Å². The second-order valence-corrected chi connectivity index (χ2v) is 9.44. The Morgan fingerprint density at radius 3 is 2.47 bits per heavy atom. The average molecular weight is 512 g/mol. The lowest BCUT2D eigenvalue weighted by Crippen LogP contribution is -2.49. The van der Waals surface area contributed by atoms with E-state index in [2.05, 4.69) is 17.0 Å². The first-order chi connectivity index (χ1) is 17.1. The van der Waals surface area contributed by atoms with Crippen molar-refractivity contribution in [2.75, 3.05) is 18.0 Å². The number of alkyl halides is 1. The largest absolute Gasteiger partial charge is 0.419 e. The van der Waals surface area contributed by atoms with Gasteiger partial charge in [-0.3, -0.25) is 9.47 Å². The number of likely N-dealkylation sites (tertiary alicyclic amines) is 1. The summed E-state index contributed by atoms with van der Waals surface area (Å²) >= 11 is 0. The number of piperidine rings is 1. The molecule has 5 nitrogen and oxygen atoms in total. The molecule has 0 saturated carbocycles. The number of unbranched alkanes of at least 4 members (excludes halogenated alkanes) is 1. The summed E-state index contributed by atoms with van der Waals surface area (Å²) in [7, 11) is 0. The van der Waals surface area contributed by atoms with E-state index in [-0.39, 0.29) is 35.9 Å². The zero-order valence-corrected chi connectivity index (χ0v) is 20.5. The van der Waals surface area contributed by atoms with Crippen molar-refractivity contribution in [3.05, 3.63) is 94.7 Å². The minimum Gasteiger partial charge on any atom is -0.408 e. The van der Waals surface area contributed by atoms with E-state index in [1.807, 2.05) is 35.2 Å². The summed E-state index contributed by atoms with van der Waals surface area (Å²) in [6.07, 6.45) is 0.889. The Bertz CT molecular complexity index is 1400. The SMILES string of the molecule is Cl.O=c1oc2ccccc2n1CCCCN1C[C@H]2c3ccccc3N(c3ccc(F)cc3)[C@@H]2CC1F. The minimum absolute atomic E-state index is 0. The molecule has 2 aliphatic heterocycles. The summed E-state index contributed by atoms with van der Waals surface area (Å²) in [6.45, 7) is 1.82. The van der Waals surface area contributed by atoms with Crippen molar-refractivity contribution in [3.63, 3.8) is 0 Å². The number of aryl methyl sites for hydroxylation is 1. The van der Waals surface area contributed by atoms with Gasteiger partial charge in [0, 0.05) is 49.4 Å². The third-order valence-electron chi connectivity index (χ3n) is 7.41. The maximum atomic E-state index is 15.4. The number of fused-ring (bicyclic) bond motifs is 4. The Morgan fingerprint density at radius 1 is 0.917 bits per heavy atom. The van der Waals surface area contributed by atoms with Gasteiger partial charge in [0.2, 0.25) is 0 Å². The first-order valence-corrected chi connectivity index (χ1v) is 12.2. The third-order valence-corrected chi connectivity index (χ3v) is 7.41. The first kappa shape index (κ1) is 24.5. The maximum Gasteiger partial charge on any atom is 0.419 e. The molecule has 188 valence electrons. The van der Waals surface area contributed by atoms with Crippen molar-refractivity contribution in [2.24, 2.45) is 0 Å². The number of aromatic nitrogens is 1. The number of para-hydroxylation sites is 3. The van der Waals surface area contributed by atoms with Crippen LogP contribution in [0.5, 0.6) is 0 Å². The van der Waals surface area contributed by atoms with Crippen LogP contribution in [-0.2, 0) is 6.54 Å². The highest BCUT2D eigenvalue weighted by Gasteiger charge is 2.45. The summed E-state index contributed by atoms with van der Waals surface area (Å²) in [6, 6.07) is 22.1. The highest BCUT2D eigenvalue weighted by molar-refractivity contribution is 5.85. The van der Waals surface area contributed by atoms with Crippen LogP contribution in [0.3, 0.4) is 0 Å². The molecular formula is C28H28ClF2N3O2. The fourth-order valence-electron chi connectivity index (χ4n) is 5.77. The lowest BCUT2D eigenvalue weighted by Gasteiger charge is -2.41. The lowest BCUT2D eigenvalue weighted by atomic mass is 9.88. The number of oxazole rings is 1. The molecule has 36 heavy (non-hydrogen) atoms. The van der Waals surface area contributed by atoms with Crippen molar-refractivity contribution in [1.82, 2.24) is 9.47 Å². The van der Waals surface area contributed by atoms with E-state index in [9.17, 15) is 9.18 Å². The Hall–Kier alpha value is -3.16. The standard InChI is InChI=1S/C28H27F2N3O2.ClH/c29-19-11-13-20(14-12-19)33-23-8-2-1-7-21(23)22-18-31(27(30)17-25(22)33)15-5-6-16-32-24-9-3-4-10-26(24)35-28(32)34;/h1-4,7-14,22,25,27H,5-6,15-18H2;1H/t22-,25+,27?;/m0./s1. The van der Waals surface area contributed by atoms with E-state index < -0.39 is 6.30 Å². The smallest absolute Gasteiger partial charge is 0.408 e. The predicted octanol–water partition coefficient (Wildman–Crippen LogP) is 6.24. The number of nitrogens with zero attached hydrogens (tertiary/aromatic N) is 3. The first-order valence-electron chi connectivity index (χ1n) is 12.2. The molecule has 4 aromatic rings. The van der Waals surface area contributed by atoms with Crippen molar-refractivity contribution in [1.29, 1.82) is 0 Å². The van der Waals surface area contributed by atoms with Crippen LogP contribution in [-0.4, -0.2) is 34.9 Å². The quantitative estimate of drug-likeness (QED) is 0.227. The van der Waals surface area contributed by atoms with Crippen LogP contribution in [0, 0.1) is 5.82 Å². The molecule has 0 amide bonds. The summed E-state index contributed by atoms with van der Waals surface area (Å²) in [5.74, 6) is -0.441. The molecule has 1 unspecified atom stereocenters. The normalized spacial score (nSPS) is 21.3. The highest BCUT2D eigenvalue weighted by Crippen LogP contribution is 2.49. The molecule has 3 atom stereocenters. The second kappa shape index (κ2) is 10.1. The number of anilines is 2. The second-order valence-electron chi connectivity index (χ2n) is 9.44. The van der Waals surface area contributed by atoms with Gasteiger partial charge in [0.1, 0.15) is 5.82 Å². The van der Waals surface area contributed by atoms with Crippen molar-refractivity contribution in [2.45, 2.75) is 44.1 Å². The van der Waals surface area contributed by atoms with E-state index in [0.29, 0.717) is 31.6 Å². The zero-order chi connectivity index (χ0) is 23.9. The Balaban J connectivity index is 0.00000267. The van der Waals surface area contributed by atoms with Gasteiger partial charge in [-0.1, -0.05) is 30.3 Å². The molecule has 3 heterocycles. The molecule has 0 aliphatic carbocycles. The maximum absolute atomic E-state index is 15.4. The van der Waals surface area contributed by atoms with Crippen molar-refractivity contribution < 1.29 is 13.2 Å². The van der Waals surface area contributed by atoms with E-state index in [0.717, 1.165) is 29.7 Å². The van der Waals surface area contributed by atoms with Crippen LogP contribution >= 0.6 is 12.4 Å². The highest BCUT2D eigenvalue weighted by atomic mass is 35.5. The van der Waals surface area contributed by atoms with E-state index in [1.165, 1.54) is 17.7 Å². The predicted molar refractivity (Wildman–Crippen MR) is 140 cm³/mol. The van der Waals surface area contributed by atoms with Gasteiger partial charge in [0.15, 0.2) is 11.9 Å². The molecule has 0 spiro atoms.